The third-order valence-corrected chi connectivity index (χ3v) is 9.50. The molecule has 0 heterocycles. The van der Waals surface area contributed by atoms with E-state index >= 15 is 0 Å². The monoisotopic (exact) mass is 781 g/mol. The average Bonchev–Trinajstić information content (AvgIpc) is 3.12. The quantitative estimate of drug-likeness (QED) is 0.0218. The molecule has 10 heteroatoms. The van der Waals surface area contributed by atoms with Gasteiger partial charge in [-0.25, -0.2) is 4.57 Å². The van der Waals surface area contributed by atoms with E-state index in [9.17, 15) is 19.0 Å². The molecular formula is C44H79NO8P+. The van der Waals surface area contributed by atoms with Gasteiger partial charge < -0.3 is 18.9 Å². The van der Waals surface area contributed by atoms with Crippen molar-refractivity contribution in [2.24, 2.45) is 0 Å². The number of allylic oxidation sites excluding steroid dienone is 10. The van der Waals surface area contributed by atoms with E-state index in [0.717, 1.165) is 83.5 Å². The smallest absolute Gasteiger partial charge is 0.462 e. The number of phosphoric ester groups is 1. The van der Waals surface area contributed by atoms with Gasteiger partial charge in [-0.05, 0) is 77.0 Å². The highest BCUT2D eigenvalue weighted by Crippen LogP contribution is 2.43. The summed E-state index contributed by atoms with van der Waals surface area (Å²) in [5, 5.41) is 0. The van der Waals surface area contributed by atoms with Crippen molar-refractivity contribution in [3.63, 3.8) is 0 Å². The lowest BCUT2D eigenvalue weighted by molar-refractivity contribution is -0.870. The predicted octanol–water partition coefficient (Wildman–Crippen LogP) is 11.7. The molecule has 54 heavy (non-hydrogen) atoms. The van der Waals surface area contributed by atoms with Gasteiger partial charge in [-0.3, -0.25) is 18.6 Å². The topological polar surface area (TPSA) is 108 Å². The Morgan fingerprint density at radius 2 is 1.02 bits per heavy atom. The molecule has 1 unspecified atom stereocenters. The van der Waals surface area contributed by atoms with Crippen LogP contribution in [0.25, 0.3) is 0 Å². The molecule has 0 aliphatic carbocycles. The number of quaternary nitrogens is 1. The number of hydrogen-bond acceptors (Lipinski definition) is 7. The van der Waals surface area contributed by atoms with E-state index in [0.29, 0.717) is 17.4 Å². The first kappa shape index (κ1) is 51.7. The molecule has 0 aliphatic heterocycles. The van der Waals surface area contributed by atoms with Gasteiger partial charge >= 0.3 is 19.8 Å². The Kier molecular flexibility index (Phi) is 34.8. The number of carbonyl (C=O) groups excluding carboxylic acids is 2. The highest BCUT2D eigenvalue weighted by molar-refractivity contribution is 7.47. The zero-order valence-corrected chi connectivity index (χ0v) is 35.8. The van der Waals surface area contributed by atoms with Crippen LogP contribution in [0.1, 0.15) is 155 Å². The number of ether oxygens (including phenoxy) is 2. The van der Waals surface area contributed by atoms with Crippen molar-refractivity contribution in [1.29, 1.82) is 0 Å². The molecule has 312 valence electrons. The maximum absolute atomic E-state index is 12.7. The molecule has 0 aliphatic rings. The fourth-order valence-corrected chi connectivity index (χ4v) is 5.89. The average molecular weight is 781 g/mol. The number of carbonyl (C=O) groups is 2. The molecule has 0 saturated carbocycles. The zero-order valence-electron chi connectivity index (χ0n) is 34.9. The largest absolute Gasteiger partial charge is 0.472 e. The van der Waals surface area contributed by atoms with Gasteiger partial charge in [0.15, 0.2) is 6.10 Å². The minimum absolute atomic E-state index is 0.0213. The fourth-order valence-electron chi connectivity index (χ4n) is 5.15. The summed E-state index contributed by atoms with van der Waals surface area (Å²) >= 11 is 0. The molecule has 0 radical (unpaired) electrons. The molecule has 9 nitrogen and oxygen atoms in total. The van der Waals surface area contributed by atoms with Gasteiger partial charge in [0, 0.05) is 12.8 Å². The van der Waals surface area contributed by atoms with Crippen LogP contribution in [-0.2, 0) is 32.7 Å². The Labute approximate surface area is 330 Å². The van der Waals surface area contributed by atoms with Crippen molar-refractivity contribution in [3.8, 4) is 0 Å². The lowest BCUT2D eigenvalue weighted by Gasteiger charge is -2.24. The highest BCUT2D eigenvalue weighted by Gasteiger charge is 2.27. The molecule has 0 spiro atoms. The first-order valence-electron chi connectivity index (χ1n) is 21.0. The van der Waals surface area contributed by atoms with E-state index in [-0.39, 0.29) is 26.1 Å². The third kappa shape index (κ3) is 39.4. The molecule has 0 aromatic heterocycles. The molecule has 0 bridgehead atoms. The van der Waals surface area contributed by atoms with Crippen LogP contribution in [0.15, 0.2) is 60.8 Å². The van der Waals surface area contributed by atoms with Crippen molar-refractivity contribution in [1.82, 2.24) is 0 Å². The van der Waals surface area contributed by atoms with Crippen LogP contribution < -0.4 is 0 Å². The standard InChI is InChI=1S/C44H78NO8P/c1-6-8-10-12-14-16-18-19-20-21-22-23-24-25-27-29-31-33-35-37-44(47)53-42(41-52-54(48,49)51-39-38-45(3,4)5)40-50-43(46)36-34-32-30-28-26-17-15-13-11-9-7-2/h13-16,19-20,22-23,25,27,42H,6-12,17-18,21,24,26,28-41H2,1-5H3/p+1/b15-13-,16-14-,20-19-,23-22-,27-25-/t42-/m1/s1. The molecule has 0 aromatic rings. The fraction of sp³-hybridized carbons (Fsp3) is 0.727. The number of phosphoric acid groups is 1. The molecule has 0 fully saturated rings. The minimum Gasteiger partial charge on any atom is -0.462 e. The minimum atomic E-state index is -4.38. The Morgan fingerprint density at radius 1 is 0.574 bits per heavy atom. The van der Waals surface area contributed by atoms with E-state index in [1.807, 2.05) is 21.1 Å². The second-order valence-electron chi connectivity index (χ2n) is 15.0. The van der Waals surface area contributed by atoms with Crippen LogP contribution >= 0.6 is 7.82 Å². The van der Waals surface area contributed by atoms with Crippen LogP contribution in [0, 0.1) is 0 Å². The van der Waals surface area contributed by atoms with Crippen LogP contribution in [0.4, 0.5) is 0 Å². The molecule has 0 saturated heterocycles. The van der Waals surface area contributed by atoms with Crippen LogP contribution in [0.3, 0.4) is 0 Å². The van der Waals surface area contributed by atoms with Crippen molar-refractivity contribution >= 4 is 19.8 Å². The van der Waals surface area contributed by atoms with Crippen LogP contribution in [0.5, 0.6) is 0 Å². The van der Waals surface area contributed by atoms with Gasteiger partial charge in [0.05, 0.1) is 27.7 Å². The first-order chi connectivity index (χ1) is 26.0. The predicted molar refractivity (Wildman–Crippen MR) is 224 cm³/mol. The van der Waals surface area contributed by atoms with Gasteiger partial charge in [-0.15, -0.1) is 0 Å². The number of hydrogen-bond donors (Lipinski definition) is 1. The lowest BCUT2D eigenvalue weighted by Crippen LogP contribution is -2.37. The number of nitrogens with zero attached hydrogens (tertiary/aromatic N) is 1. The molecule has 0 aromatic carbocycles. The molecule has 2 atom stereocenters. The number of likely N-dealkylation sites (N-methyl/N-ethyl adjacent to an activating group) is 1. The van der Waals surface area contributed by atoms with Crippen LogP contribution in [-0.4, -0.2) is 74.9 Å². The SMILES string of the molecule is CCCC/C=C\CCCCCCCC(=O)OC[C@H](COP(=O)(O)OCC[N+](C)(C)C)OC(=O)CCCCC/C=C\C/C=C\C/C=C\C/C=C\CCCCC. The molecule has 0 rings (SSSR count). The summed E-state index contributed by atoms with van der Waals surface area (Å²) < 4.78 is 34.2. The van der Waals surface area contributed by atoms with Gasteiger partial charge in [-0.1, -0.05) is 126 Å². The first-order valence-corrected chi connectivity index (χ1v) is 22.5. The van der Waals surface area contributed by atoms with E-state index in [2.05, 4.69) is 74.6 Å². The van der Waals surface area contributed by atoms with Crippen molar-refractivity contribution in [2.75, 3.05) is 47.5 Å². The molecular weight excluding hydrogens is 701 g/mol. The van der Waals surface area contributed by atoms with E-state index in [4.69, 9.17) is 18.5 Å². The summed E-state index contributed by atoms with van der Waals surface area (Å²) in [6.07, 6.45) is 42.7. The van der Waals surface area contributed by atoms with E-state index in [1.165, 1.54) is 38.5 Å². The second kappa shape index (κ2) is 36.4. The van der Waals surface area contributed by atoms with Crippen molar-refractivity contribution in [3.05, 3.63) is 60.8 Å². The number of unbranched alkanes of at least 4 members (excludes halogenated alkanes) is 13. The molecule has 1 N–H and O–H groups in total. The number of esters is 2. The maximum atomic E-state index is 12.7. The Bertz CT molecular complexity index is 1110. The summed E-state index contributed by atoms with van der Waals surface area (Å²) in [5.74, 6) is -0.852. The Morgan fingerprint density at radius 3 is 1.57 bits per heavy atom. The highest BCUT2D eigenvalue weighted by atomic mass is 31.2. The third-order valence-electron chi connectivity index (χ3n) is 8.52. The van der Waals surface area contributed by atoms with Crippen LogP contribution in [0.2, 0.25) is 0 Å². The van der Waals surface area contributed by atoms with Crippen molar-refractivity contribution < 1.29 is 42.1 Å². The summed E-state index contributed by atoms with van der Waals surface area (Å²) in [5.41, 5.74) is 0. The van der Waals surface area contributed by atoms with E-state index in [1.54, 1.807) is 0 Å². The summed E-state index contributed by atoms with van der Waals surface area (Å²) in [6, 6.07) is 0. The molecule has 0 amide bonds. The normalized spacial score (nSPS) is 14.3. The van der Waals surface area contributed by atoms with Gasteiger partial charge in [0.1, 0.15) is 19.8 Å². The summed E-state index contributed by atoms with van der Waals surface area (Å²) in [6.45, 7) is 4.28. The van der Waals surface area contributed by atoms with Gasteiger partial charge in [-0.2, -0.15) is 0 Å². The van der Waals surface area contributed by atoms with Gasteiger partial charge in [0.25, 0.3) is 0 Å². The Hall–Kier alpha value is -2.29. The second-order valence-corrected chi connectivity index (χ2v) is 16.5. The maximum Gasteiger partial charge on any atom is 0.472 e. The zero-order chi connectivity index (χ0) is 40.0. The Balaban J connectivity index is 4.46. The van der Waals surface area contributed by atoms with Crippen molar-refractivity contribution in [2.45, 2.75) is 161 Å². The summed E-state index contributed by atoms with van der Waals surface area (Å²) in [4.78, 5) is 35.2. The summed E-state index contributed by atoms with van der Waals surface area (Å²) in [7, 11) is 1.44. The van der Waals surface area contributed by atoms with E-state index < -0.39 is 32.5 Å². The number of rotatable bonds is 37. The lowest BCUT2D eigenvalue weighted by atomic mass is 10.1. The van der Waals surface area contributed by atoms with Gasteiger partial charge in [0.2, 0.25) is 0 Å².